The van der Waals surface area contributed by atoms with E-state index in [4.69, 9.17) is 11.6 Å². The van der Waals surface area contributed by atoms with Crippen LogP contribution in [0.4, 0.5) is 0 Å². The van der Waals surface area contributed by atoms with Crippen molar-refractivity contribution in [3.63, 3.8) is 0 Å². The molecule has 72 valence electrons. The average molecular weight is 276 g/mol. The van der Waals surface area contributed by atoms with Gasteiger partial charge in [0.2, 0.25) is 0 Å². The van der Waals surface area contributed by atoms with Crippen molar-refractivity contribution in [1.82, 2.24) is 0 Å². The third kappa shape index (κ3) is 1.88. The summed E-state index contributed by atoms with van der Waals surface area (Å²) < 4.78 is 0. The van der Waals surface area contributed by atoms with Crippen LogP contribution in [0, 0.1) is 5.41 Å². The van der Waals surface area contributed by atoms with Crippen LogP contribution >= 0.6 is 11.6 Å². The van der Waals surface area contributed by atoms with Gasteiger partial charge in [0.15, 0.2) is 0 Å². The zero-order valence-electron chi connectivity index (χ0n) is 9.09. The molecular weight excluding hydrogens is 259 g/mol. The van der Waals surface area contributed by atoms with Crippen LogP contribution in [0.5, 0.6) is 0 Å². The van der Waals surface area contributed by atoms with Gasteiger partial charge >= 0.3 is 0 Å². The van der Waals surface area contributed by atoms with E-state index in [1.807, 2.05) is 0 Å². The zero-order chi connectivity index (χ0) is 9.52. The fourth-order valence-corrected chi connectivity index (χ4v) is 2.27. The molecule has 0 nitrogen and oxygen atoms in total. The molecule has 0 fully saturated rings. The molecule has 1 aliphatic rings. The van der Waals surface area contributed by atoms with Gasteiger partial charge in [0, 0.05) is 37.5 Å². The minimum Gasteiger partial charge on any atom is -0.125 e. The maximum Gasteiger partial charge on any atom is 0.0352 e. The molecule has 0 saturated heterocycles. The first-order valence-electron chi connectivity index (χ1n) is 4.37. The first-order valence-corrected chi connectivity index (χ1v) is 4.91. The molecule has 0 aromatic heterocycles. The molecule has 2 heteroatoms. The van der Waals surface area contributed by atoms with Crippen molar-refractivity contribution in [2.75, 3.05) is 5.88 Å². The van der Waals surface area contributed by atoms with Crippen LogP contribution in [0.3, 0.4) is 0 Å². The summed E-state index contributed by atoms with van der Waals surface area (Å²) in [5.74, 6) is 0.694. The van der Waals surface area contributed by atoms with Crippen molar-refractivity contribution in [3.8, 4) is 0 Å². The van der Waals surface area contributed by atoms with E-state index in [-0.39, 0.29) is 31.6 Å². The van der Waals surface area contributed by atoms with Crippen LogP contribution < -0.4 is 0 Å². The second-order valence-electron chi connectivity index (χ2n) is 3.97. The van der Waals surface area contributed by atoms with Gasteiger partial charge < -0.3 is 0 Å². The van der Waals surface area contributed by atoms with Crippen molar-refractivity contribution in [3.05, 3.63) is 22.3 Å². The second-order valence-corrected chi connectivity index (χ2v) is 4.23. The van der Waals surface area contributed by atoms with Gasteiger partial charge in [-0.25, -0.2) is 0 Å². The summed E-state index contributed by atoms with van der Waals surface area (Å²) in [6.07, 6.45) is 0. The molecule has 0 atom stereocenters. The standard InChI is InChI=1S/C11H17Cl.Zr/c1-7-8(2)10(4)11(5,6-12)9(7)3;/h6H2,1-5H3;. The van der Waals surface area contributed by atoms with Crippen LogP contribution in [0.15, 0.2) is 22.3 Å². The number of rotatable bonds is 1. The molecule has 0 unspecified atom stereocenters. The zero-order valence-corrected chi connectivity index (χ0v) is 12.3. The van der Waals surface area contributed by atoms with Gasteiger partial charge in [-0.3, -0.25) is 0 Å². The molecule has 0 N–H and O–H groups in total. The molecule has 0 amide bonds. The summed E-state index contributed by atoms with van der Waals surface area (Å²) in [4.78, 5) is 0. The Morgan fingerprint density at radius 2 is 1.31 bits per heavy atom. The Labute approximate surface area is 106 Å². The van der Waals surface area contributed by atoms with Gasteiger partial charge in [-0.2, -0.15) is 0 Å². The maximum absolute atomic E-state index is 6.00. The van der Waals surface area contributed by atoms with Gasteiger partial charge in [0.25, 0.3) is 0 Å². The van der Waals surface area contributed by atoms with Crippen molar-refractivity contribution < 1.29 is 26.2 Å². The van der Waals surface area contributed by atoms with Crippen LogP contribution in [-0.2, 0) is 26.2 Å². The van der Waals surface area contributed by atoms with E-state index in [2.05, 4.69) is 34.6 Å². The van der Waals surface area contributed by atoms with Crippen molar-refractivity contribution >= 4 is 11.6 Å². The summed E-state index contributed by atoms with van der Waals surface area (Å²) in [5, 5.41) is 0. The molecular formula is C11H17ClZr. The van der Waals surface area contributed by atoms with E-state index in [9.17, 15) is 0 Å². The summed E-state index contributed by atoms with van der Waals surface area (Å²) in [5.41, 5.74) is 5.85. The smallest absolute Gasteiger partial charge is 0.0352 e. The van der Waals surface area contributed by atoms with Gasteiger partial charge in [-0.1, -0.05) is 18.1 Å². The maximum atomic E-state index is 6.00. The van der Waals surface area contributed by atoms with Gasteiger partial charge in [0.1, 0.15) is 0 Å². The van der Waals surface area contributed by atoms with E-state index < -0.39 is 0 Å². The topological polar surface area (TPSA) is 0 Å². The largest absolute Gasteiger partial charge is 0.125 e. The molecule has 0 radical (unpaired) electrons. The number of allylic oxidation sites excluding steroid dienone is 4. The minimum atomic E-state index is 0. The Balaban J connectivity index is 0.00000144. The van der Waals surface area contributed by atoms with Crippen LogP contribution in [-0.4, -0.2) is 5.88 Å². The first-order chi connectivity index (χ1) is 5.45. The fraction of sp³-hybridized carbons (Fsp3) is 0.636. The monoisotopic (exact) mass is 274 g/mol. The van der Waals surface area contributed by atoms with E-state index >= 15 is 0 Å². The molecule has 0 aliphatic heterocycles. The van der Waals surface area contributed by atoms with Gasteiger partial charge in [-0.05, 0) is 38.8 Å². The number of halogens is 1. The van der Waals surface area contributed by atoms with Crippen molar-refractivity contribution in [2.24, 2.45) is 5.41 Å². The molecule has 13 heavy (non-hydrogen) atoms. The first kappa shape index (κ1) is 13.7. The number of alkyl halides is 1. The second kappa shape index (κ2) is 4.45. The van der Waals surface area contributed by atoms with Crippen molar-refractivity contribution in [1.29, 1.82) is 0 Å². The predicted molar refractivity (Wildman–Crippen MR) is 55.6 cm³/mol. The third-order valence-corrected chi connectivity index (χ3v) is 4.14. The van der Waals surface area contributed by atoms with Crippen LogP contribution in [0.1, 0.15) is 34.6 Å². The summed E-state index contributed by atoms with van der Waals surface area (Å²) >= 11 is 6.00. The molecule has 1 aliphatic carbocycles. The van der Waals surface area contributed by atoms with E-state index in [0.29, 0.717) is 5.88 Å². The molecule has 0 spiro atoms. The molecule has 0 heterocycles. The van der Waals surface area contributed by atoms with Gasteiger partial charge in [-0.15, -0.1) is 11.6 Å². The van der Waals surface area contributed by atoms with E-state index in [0.717, 1.165) is 0 Å². The fourth-order valence-electron chi connectivity index (χ4n) is 1.87. The van der Waals surface area contributed by atoms with Crippen molar-refractivity contribution in [2.45, 2.75) is 34.6 Å². The number of hydrogen-bond acceptors (Lipinski definition) is 0. The molecule has 0 saturated carbocycles. The summed E-state index contributed by atoms with van der Waals surface area (Å²) in [6.45, 7) is 11.0. The Kier molecular flexibility index (Phi) is 4.67. The molecule has 0 bridgehead atoms. The van der Waals surface area contributed by atoms with Gasteiger partial charge in [0.05, 0.1) is 0 Å². The summed E-state index contributed by atoms with van der Waals surface area (Å²) in [6, 6.07) is 0. The average Bonchev–Trinajstić information content (AvgIpc) is 2.22. The SMILES string of the molecule is CC1=C(C)C(C)(CCl)C(C)=C1C.[Zr]. The normalized spacial score (nSPS) is 20.8. The van der Waals surface area contributed by atoms with Crippen LogP contribution in [0.25, 0.3) is 0 Å². The van der Waals surface area contributed by atoms with Crippen LogP contribution in [0.2, 0.25) is 0 Å². The Hall–Kier alpha value is 0.653. The van der Waals surface area contributed by atoms with E-state index in [1.165, 1.54) is 22.3 Å². The Morgan fingerprint density at radius 1 is 1.00 bits per heavy atom. The molecule has 0 aromatic rings. The number of hydrogen-bond donors (Lipinski definition) is 0. The molecule has 1 rings (SSSR count). The quantitative estimate of drug-likeness (QED) is 0.637. The summed E-state index contributed by atoms with van der Waals surface area (Å²) in [7, 11) is 0. The third-order valence-electron chi connectivity index (χ3n) is 3.61. The Morgan fingerprint density at radius 3 is 1.46 bits per heavy atom. The van der Waals surface area contributed by atoms with E-state index in [1.54, 1.807) is 0 Å². The predicted octanol–water partition coefficient (Wildman–Crippen LogP) is 3.92. The minimum absolute atomic E-state index is 0. The Bertz CT molecular complexity index is 250. The molecule has 0 aromatic carbocycles.